The molecule has 1 heterocycles. The Hall–Kier alpha value is -0.130. The number of piperazine rings is 1. The molecule has 3 heteroatoms. The number of nitrogens with zero attached hydrogens (tertiary/aromatic N) is 1. The van der Waals surface area contributed by atoms with E-state index in [1.807, 2.05) is 0 Å². The van der Waals surface area contributed by atoms with Gasteiger partial charge in [-0.15, -0.1) is 0 Å². The lowest BCUT2D eigenvalue weighted by molar-refractivity contribution is 0.179. The van der Waals surface area contributed by atoms with Crippen LogP contribution in [0, 0.1) is 9.49 Å². The van der Waals surface area contributed by atoms with Crippen molar-refractivity contribution in [3.63, 3.8) is 0 Å². The lowest BCUT2D eigenvalue weighted by Crippen LogP contribution is -2.50. The number of nitrogens with one attached hydrogen (secondary N) is 1. The molecule has 1 aliphatic rings. The molecule has 2 nitrogen and oxygen atoms in total. The molecule has 0 radical (unpaired) electrons. The highest BCUT2D eigenvalue weighted by atomic mass is 127. The van der Waals surface area contributed by atoms with Crippen LogP contribution in [0.2, 0.25) is 0 Å². The summed E-state index contributed by atoms with van der Waals surface area (Å²) in [6.07, 6.45) is 1.28. The number of rotatable bonds is 4. The molecule has 1 aromatic rings. The Kier molecular flexibility index (Phi) is 5.45. The molecular formula is C15H23IN2. The summed E-state index contributed by atoms with van der Waals surface area (Å²) in [5, 5.41) is 3.63. The van der Waals surface area contributed by atoms with Crippen molar-refractivity contribution in [2.24, 2.45) is 5.92 Å². The van der Waals surface area contributed by atoms with Gasteiger partial charge in [-0.3, -0.25) is 4.90 Å². The first kappa shape index (κ1) is 14.3. The molecule has 100 valence electrons. The van der Waals surface area contributed by atoms with E-state index in [0.29, 0.717) is 6.04 Å². The summed E-state index contributed by atoms with van der Waals surface area (Å²) < 4.78 is 1.31. The summed E-state index contributed by atoms with van der Waals surface area (Å²) in [5.41, 5.74) is 1.43. The minimum Gasteiger partial charge on any atom is -0.311 e. The third-order valence-electron chi connectivity index (χ3n) is 3.41. The average Bonchev–Trinajstić information content (AvgIpc) is 2.32. The van der Waals surface area contributed by atoms with E-state index in [2.05, 4.69) is 70.9 Å². The number of benzene rings is 1. The Balaban J connectivity index is 1.87. The predicted molar refractivity (Wildman–Crippen MR) is 85.7 cm³/mol. The molecule has 0 bridgehead atoms. The van der Waals surface area contributed by atoms with Crippen molar-refractivity contribution in [3.05, 3.63) is 33.4 Å². The molecule has 0 aliphatic carbocycles. The van der Waals surface area contributed by atoms with Gasteiger partial charge in [0, 0.05) is 35.8 Å². The molecule has 1 atom stereocenters. The van der Waals surface area contributed by atoms with Gasteiger partial charge in [-0.25, -0.2) is 0 Å². The van der Waals surface area contributed by atoms with E-state index in [4.69, 9.17) is 0 Å². The third kappa shape index (κ3) is 4.52. The van der Waals surface area contributed by atoms with Crippen molar-refractivity contribution in [2.75, 3.05) is 19.6 Å². The van der Waals surface area contributed by atoms with Crippen LogP contribution in [-0.4, -0.2) is 30.6 Å². The van der Waals surface area contributed by atoms with E-state index in [9.17, 15) is 0 Å². The third-order valence-corrected chi connectivity index (χ3v) is 4.13. The van der Waals surface area contributed by atoms with Gasteiger partial charge < -0.3 is 5.32 Å². The zero-order valence-electron chi connectivity index (χ0n) is 11.3. The molecule has 0 amide bonds. The molecule has 1 aromatic carbocycles. The van der Waals surface area contributed by atoms with Crippen LogP contribution in [0.15, 0.2) is 24.3 Å². The van der Waals surface area contributed by atoms with Crippen LogP contribution in [0.3, 0.4) is 0 Å². The summed E-state index contributed by atoms with van der Waals surface area (Å²) in [5.74, 6) is 0.778. The second kappa shape index (κ2) is 6.87. The van der Waals surface area contributed by atoms with Crippen molar-refractivity contribution >= 4 is 22.6 Å². The summed E-state index contributed by atoms with van der Waals surface area (Å²) in [4.78, 5) is 2.58. The van der Waals surface area contributed by atoms with Crippen molar-refractivity contribution in [1.82, 2.24) is 10.2 Å². The Morgan fingerprint density at radius 1 is 1.33 bits per heavy atom. The van der Waals surface area contributed by atoms with Crippen LogP contribution in [0.1, 0.15) is 25.8 Å². The number of halogens is 1. The molecule has 1 aliphatic heterocycles. The Morgan fingerprint density at radius 2 is 2.06 bits per heavy atom. The summed E-state index contributed by atoms with van der Waals surface area (Å²) >= 11 is 2.36. The van der Waals surface area contributed by atoms with Crippen LogP contribution in [0.5, 0.6) is 0 Å². The van der Waals surface area contributed by atoms with Crippen LogP contribution in [0.4, 0.5) is 0 Å². The summed E-state index contributed by atoms with van der Waals surface area (Å²) in [7, 11) is 0. The van der Waals surface area contributed by atoms with E-state index in [1.165, 1.54) is 28.6 Å². The molecule has 1 N–H and O–H groups in total. The Labute approximate surface area is 124 Å². The van der Waals surface area contributed by atoms with Crippen molar-refractivity contribution in [1.29, 1.82) is 0 Å². The smallest absolute Gasteiger partial charge is 0.0234 e. The van der Waals surface area contributed by atoms with E-state index >= 15 is 0 Å². The van der Waals surface area contributed by atoms with Crippen molar-refractivity contribution in [3.8, 4) is 0 Å². The minimum absolute atomic E-state index is 0.669. The maximum absolute atomic E-state index is 3.63. The van der Waals surface area contributed by atoms with E-state index in [0.717, 1.165) is 19.0 Å². The monoisotopic (exact) mass is 358 g/mol. The molecule has 0 spiro atoms. The first-order chi connectivity index (χ1) is 8.63. The number of hydrogen-bond acceptors (Lipinski definition) is 2. The Bertz CT molecular complexity index is 361. The fourth-order valence-corrected chi connectivity index (χ4v) is 2.97. The lowest BCUT2D eigenvalue weighted by Gasteiger charge is -2.34. The average molecular weight is 358 g/mol. The molecule has 2 rings (SSSR count). The van der Waals surface area contributed by atoms with Crippen molar-refractivity contribution < 1.29 is 0 Å². The second-order valence-corrected chi connectivity index (χ2v) is 6.89. The lowest BCUT2D eigenvalue weighted by atomic mass is 10.0. The maximum atomic E-state index is 3.63. The van der Waals surface area contributed by atoms with Gasteiger partial charge in [0.05, 0.1) is 0 Å². The summed E-state index contributed by atoms with van der Waals surface area (Å²) in [6.45, 7) is 9.18. The van der Waals surface area contributed by atoms with Gasteiger partial charge in [0.15, 0.2) is 0 Å². The zero-order valence-corrected chi connectivity index (χ0v) is 13.5. The highest BCUT2D eigenvalue weighted by molar-refractivity contribution is 14.1. The van der Waals surface area contributed by atoms with Gasteiger partial charge in [-0.2, -0.15) is 0 Å². The van der Waals surface area contributed by atoms with Gasteiger partial charge in [-0.1, -0.05) is 26.0 Å². The van der Waals surface area contributed by atoms with Crippen molar-refractivity contribution in [2.45, 2.75) is 32.9 Å². The standard InChI is InChI=1S/C15H23IN2/c1-12(2)9-15-11-18(8-7-17-15)10-13-3-5-14(16)6-4-13/h3-6,12,15,17H,7-11H2,1-2H3. The summed E-state index contributed by atoms with van der Waals surface area (Å²) in [6, 6.07) is 9.57. The maximum Gasteiger partial charge on any atom is 0.0234 e. The molecule has 0 saturated carbocycles. The van der Waals surface area contributed by atoms with E-state index in [1.54, 1.807) is 0 Å². The highest BCUT2D eigenvalue weighted by Gasteiger charge is 2.19. The highest BCUT2D eigenvalue weighted by Crippen LogP contribution is 2.13. The van der Waals surface area contributed by atoms with E-state index in [-0.39, 0.29) is 0 Å². The van der Waals surface area contributed by atoms with Gasteiger partial charge in [-0.05, 0) is 52.6 Å². The fraction of sp³-hybridized carbons (Fsp3) is 0.600. The van der Waals surface area contributed by atoms with Crippen LogP contribution >= 0.6 is 22.6 Å². The fourth-order valence-electron chi connectivity index (χ4n) is 2.61. The van der Waals surface area contributed by atoms with Gasteiger partial charge in [0.25, 0.3) is 0 Å². The van der Waals surface area contributed by atoms with Crippen LogP contribution < -0.4 is 5.32 Å². The first-order valence-electron chi connectivity index (χ1n) is 6.83. The topological polar surface area (TPSA) is 15.3 Å². The van der Waals surface area contributed by atoms with Gasteiger partial charge >= 0.3 is 0 Å². The molecule has 1 saturated heterocycles. The quantitative estimate of drug-likeness (QED) is 0.833. The Morgan fingerprint density at radius 3 is 2.72 bits per heavy atom. The van der Waals surface area contributed by atoms with Gasteiger partial charge in [0.1, 0.15) is 0 Å². The predicted octanol–water partition coefficient (Wildman–Crippen LogP) is 3.11. The minimum atomic E-state index is 0.669. The molecule has 0 aromatic heterocycles. The zero-order chi connectivity index (χ0) is 13.0. The SMILES string of the molecule is CC(C)CC1CN(Cc2ccc(I)cc2)CCN1. The molecule has 1 fully saturated rings. The normalized spacial score (nSPS) is 21.4. The largest absolute Gasteiger partial charge is 0.311 e. The molecule has 18 heavy (non-hydrogen) atoms. The molecule has 1 unspecified atom stereocenters. The number of hydrogen-bond donors (Lipinski definition) is 1. The van der Waals surface area contributed by atoms with Gasteiger partial charge in [0.2, 0.25) is 0 Å². The van der Waals surface area contributed by atoms with E-state index < -0.39 is 0 Å². The van der Waals surface area contributed by atoms with Crippen LogP contribution in [-0.2, 0) is 6.54 Å². The molecular weight excluding hydrogens is 335 g/mol. The van der Waals surface area contributed by atoms with Crippen LogP contribution in [0.25, 0.3) is 0 Å². The first-order valence-corrected chi connectivity index (χ1v) is 7.91. The second-order valence-electron chi connectivity index (χ2n) is 5.64.